The van der Waals surface area contributed by atoms with Crippen LogP contribution in [-0.2, 0) is 4.79 Å². The van der Waals surface area contributed by atoms with Crippen LogP contribution in [0.1, 0.15) is 13.8 Å². The zero-order chi connectivity index (χ0) is 13.7. The van der Waals surface area contributed by atoms with Crippen LogP contribution in [0.5, 0.6) is 0 Å². The Morgan fingerprint density at radius 3 is 2.67 bits per heavy atom. The molecule has 0 bridgehead atoms. The molecule has 0 aliphatic carbocycles. The van der Waals surface area contributed by atoms with Crippen molar-refractivity contribution >= 4 is 11.5 Å². The number of hydrogen-bond acceptors (Lipinski definition) is 5. The molecule has 0 aliphatic rings. The Bertz CT molecular complexity index is 574. The van der Waals surface area contributed by atoms with Gasteiger partial charge in [-0.1, -0.05) is 13.8 Å². The lowest BCUT2D eigenvalue weighted by molar-refractivity contribution is -0.139. The lowest BCUT2D eigenvalue weighted by Crippen LogP contribution is -2.34. The zero-order valence-electron chi connectivity index (χ0n) is 10.1. The first-order valence-electron chi connectivity index (χ1n) is 5.28. The third-order valence-electron chi connectivity index (χ3n) is 2.23. The summed E-state index contributed by atoms with van der Waals surface area (Å²) in [5, 5.41) is 12.0. The van der Waals surface area contributed by atoms with Crippen molar-refractivity contribution in [3.63, 3.8) is 0 Å². The van der Waals surface area contributed by atoms with Crippen molar-refractivity contribution in [1.29, 1.82) is 0 Å². The largest absolute Gasteiger partial charge is 0.480 e. The number of aliphatic carboxylic acids is 1. The highest BCUT2D eigenvalue weighted by atomic mass is 16.4. The van der Waals surface area contributed by atoms with Crippen LogP contribution >= 0.6 is 0 Å². The number of carboxylic acid groups (broad SMARTS) is 1. The normalized spacial score (nSPS) is 12.0. The summed E-state index contributed by atoms with van der Waals surface area (Å²) in [6, 6.07) is -0.713. The third kappa shape index (κ3) is 3.39. The first kappa shape index (κ1) is 13.8. The Labute approximate surface area is 102 Å². The van der Waals surface area contributed by atoms with Gasteiger partial charge in [-0.25, -0.2) is 9.50 Å². The van der Waals surface area contributed by atoms with E-state index >= 15 is 0 Å². The van der Waals surface area contributed by atoms with Crippen molar-refractivity contribution in [3.8, 4) is 0 Å². The average molecular weight is 253 g/mol. The third-order valence-corrected chi connectivity index (χ3v) is 2.23. The second-order valence-corrected chi connectivity index (χ2v) is 3.95. The minimum Gasteiger partial charge on any atom is -0.480 e. The van der Waals surface area contributed by atoms with Crippen molar-refractivity contribution in [1.82, 2.24) is 19.6 Å². The molecule has 0 aliphatic heterocycles. The van der Waals surface area contributed by atoms with E-state index in [0.717, 1.165) is 0 Å². The molecule has 8 nitrogen and oxygen atoms in total. The first-order valence-corrected chi connectivity index (χ1v) is 5.28. The minimum atomic E-state index is -0.931. The summed E-state index contributed by atoms with van der Waals surface area (Å²) >= 11 is 0. The molecule has 0 amide bonds. The number of aromatic amines is 1. The van der Waals surface area contributed by atoms with Gasteiger partial charge in [0, 0.05) is 0 Å². The molecule has 8 heteroatoms. The van der Waals surface area contributed by atoms with Crippen LogP contribution in [0.2, 0.25) is 0 Å². The zero-order valence-corrected chi connectivity index (χ0v) is 10.1. The van der Waals surface area contributed by atoms with Crippen molar-refractivity contribution in [2.24, 2.45) is 11.7 Å². The molecule has 18 heavy (non-hydrogen) atoms. The van der Waals surface area contributed by atoms with Crippen molar-refractivity contribution in [3.05, 3.63) is 29.2 Å². The van der Waals surface area contributed by atoms with Gasteiger partial charge in [-0.05, 0) is 5.92 Å². The molecule has 2 rings (SSSR count). The summed E-state index contributed by atoms with van der Waals surface area (Å²) in [6.07, 6.45) is 4.27. The molecule has 0 saturated carbocycles. The lowest BCUT2D eigenvalue weighted by atomic mass is 10.1. The fourth-order valence-electron chi connectivity index (χ4n) is 1.05. The molecule has 0 saturated heterocycles. The Balaban J connectivity index is 0.000000187. The maximum Gasteiger partial charge on any atom is 0.320 e. The maximum absolute atomic E-state index is 10.9. The fraction of sp³-hybridized carbons (Fsp3) is 0.400. The van der Waals surface area contributed by atoms with Crippen molar-refractivity contribution in [2.45, 2.75) is 19.9 Å². The van der Waals surface area contributed by atoms with E-state index in [-0.39, 0.29) is 11.5 Å². The van der Waals surface area contributed by atoms with Crippen LogP contribution in [-0.4, -0.2) is 36.7 Å². The summed E-state index contributed by atoms with van der Waals surface area (Å²) in [5.41, 5.74) is 5.45. The van der Waals surface area contributed by atoms with Gasteiger partial charge in [0.2, 0.25) is 0 Å². The van der Waals surface area contributed by atoms with E-state index < -0.39 is 12.0 Å². The smallest absolute Gasteiger partial charge is 0.320 e. The number of fused-ring (bicyclic) bond motifs is 1. The lowest BCUT2D eigenvalue weighted by Gasteiger charge is -2.07. The number of nitrogens with zero attached hydrogens (tertiary/aromatic N) is 3. The maximum atomic E-state index is 10.9. The quantitative estimate of drug-likeness (QED) is 0.660. The van der Waals surface area contributed by atoms with Crippen molar-refractivity contribution in [2.75, 3.05) is 0 Å². The number of aromatic nitrogens is 4. The van der Waals surface area contributed by atoms with Gasteiger partial charge < -0.3 is 15.8 Å². The Kier molecular flexibility index (Phi) is 4.55. The fourth-order valence-corrected chi connectivity index (χ4v) is 1.05. The number of carboxylic acids is 1. The number of nitrogens with two attached hydrogens (primary N) is 1. The van der Waals surface area contributed by atoms with Crippen LogP contribution in [0.25, 0.3) is 5.52 Å². The Hall–Kier alpha value is -2.22. The van der Waals surface area contributed by atoms with Crippen LogP contribution in [0.3, 0.4) is 0 Å². The van der Waals surface area contributed by atoms with E-state index in [1.807, 2.05) is 0 Å². The van der Waals surface area contributed by atoms with Gasteiger partial charge in [-0.3, -0.25) is 9.59 Å². The number of imidazole rings is 1. The van der Waals surface area contributed by atoms with Gasteiger partial charge in [-0.15, -0.1) is 0 Å². The number of rotatable bonds is 2. The molecular formula is C10H15N5O3. The minimum absolute atomic E-state index is 0.0208. The molecule has 2 aromatic rings. The molecular weight excluding hydrogens is 238 g/mol. The second-order valence-electron chi connectivity index (χ2n) is 3.95. The van der Waals surface area contributed by atoms with E-state index in [9.17, 15) is 9.59 Å². The standard InChI is InChI=1S/C5H4N4O.C5H11NO2/c10-5-4-1-6-3-9(4)8-2-7-5;1-3(2)4(6)5(7)8/h1-3H,(H,7,8,10);3-4H,6H2,1-2H3,(H,7,8)/t;4-/m.0/s1. The van der Waals surface area contributed by atoms with Crippen LogP contribution < -0.4 is 11.3 Å². The second kappa shape index (κ2) is 5.92. The van der Waals surface area contributed by atoms with Gasteiger partial charge in [0.15, 0.2) is 0 Å². The van der Waals surface area contributed by atoms with Crippen LogP contribution in [0.4, 0.5) is 0 Å². The predicted molar refractivity (Wildman–Crippen MR) is 64.1 cm³/mol. The molecule has 4 N–H and O–H groups in total. The number of nitrogens with one attached hydrogen (secondary N) is 1. The van der Waals surface area contributed by atoms with Gasteiger partial charge in [0.1, 0.15) is 24.2 Å². The average Bonchev–Trinajstić information content (AvgIpc) is 2.78. The van der Waals surface area contributed by atoms with E-state index in [0.29, 0.717) is 5.52 Å². The van der Waals surface area contributed by atoms with Gasteiger partial charge in [0.25, 0.3) is 5.56 Å². The molecule has 0 spiro atoms. The monoisotopic (exact) mass is 253 g/mol. The molecule has 0 unspecified atom stereocenters. The van der Waals surface area contributed by atoms with Crippen molar-refractivity contribution < 1.29 is 9.90 Å². The van der Waals surface area contributed by atoms with Crippen LogP contribution in [0, 0.1) is 5.92 Å². The highest BCUT2D eigenvalue weighted by Crippen LogP contribution is 1.96. The highest BCUT2D eigenvalue weighted by Gasteiger charge is 2.14. The van der Waals surface area contributed by atoms with E-state index in [2.05, 4.69) is 15.1 Å². The molecule has 98 valence electrons. The molecule has 2 aromatic heterocycles. The SMILES string of the molecule is CC(C)[C@H](N)C(=O)O.O=c1[nH]cnn2cncc12. The number of H-pyrrole nitrogens is 1. The summed E-state index contributed by atoms with van der Waals surface area (Å²) < 4.78 is 1.42. The molecule has 1 atom stereocenters. The first-order chi connectivity index (χ1) is 8.43. The van der Waals surface area contributed by atoms with E-state index in [4.69, 9.17) is 10.8 Å². The van der Waals surface area contributed by atoms with Gasteiger partial charge in [-0.2, -0.15) is 5.10 Å². The number of hydrogen-bond donors (Lipinski definition) is 3. The summed E-state index contributed by atoms with van der Waals surface area (Å²) in [4.78, 5) is 27.1. The van der Waals surface area contributed by atoms with Gasteiger partial charge >= 0.3 is 5.97 Å². The Morgan fingerprint density at radius 2 is 2.22 bits per heavy atom. The van der Waals surface area contributed by atoms with Crippen LogP contribution in [0.15, 0.2) is 23.6 Å². The Morgan fingerprint density at radius 1 is 1.56 bits per heavy atom. The predicted octanol–water partition coefficient (Wildman–Crippen LogP) is -0.528. The van der Waals surface area contributed by atoms with E-state index in [1.165, 1.54) is 23.4 Å². The highest BCUT2D eigenvalue weighted by molar-refractivity contribution is 5.73. The van der Waals surface area contributed by atoms with Gasteiger partial charge in [0.05, 0.1) is 6.20 Å². The topological polar surface area (TPSA) is 126 Å². The number of carbonyl (C=O) groups is 1. The summed E-state index contributed by atoms with van der Waals surface area (Å²) in [6.45, 7) is 3.55. The summed E-state index contributed by atoms with van der Waals surface area (Å²) in [7, 11) is 0. The van der Waals surface area contributed by atoms with E-state index in [1.54, 1.807) is 13.8 Å². The molecule has 0 aromatic carbocycles. The summed E-state index contributed by atoms with van der Waals surface area (Å²) in [5.74, 6) is -0.910. The molecule has 2 heterocycles. The molecule has 0 fully saturated rings. The molecule has 0 radical (unpaired) electrons.